The molecular formula is C13H18OS. The van der Waals surface area contributed by atoms with E-state index in [1.807, 2.05) is 0 Å². The van der Waals surface area contributed by atoms with Crippen LogP contribution in [0.3, 0.4) is 0 Å². The standard InChI is InChI=1S/C13H18OS/c1-15-12-7-5-11(6-8-12)13(14)9-10-3-2-4-10/h5-8,10,13-14H,2-4,9H2,1H3. The van der Waals surface area contributed by atoms with E-state index in [0.29, 0.717) is 0 Å². The highest BCUT2D eigenvalue weighted by Gasteiger charge is 2.21. The molecule has 0 amide bonds. The summed E-state index contributed by atoms with van der Waals surface area (Å²) in [6.45, 7) is 0. The van der Waals surface area contributed by atoms with Gasteiger partial charge in [-0.2, -0.15) is 0 Å². The van der Waals surface area contributed by atoms with Gasteiger partial charge in [0.2, 0.25) is 0 Å². The molecule has 0 bridgehead atoms. The molecule has 1 aliphatic rings. The first-order valence-electron chi connectivity index (χ1n) is 5.61. The van der Waals surface area contributed by atoms with E-state index in [2.05, 4.69) is 30.5 Å². The quantitative estimate of drug-likeness (QED) is 0.785. The predicted octanol–water partition coefficient (Wildman–Crippen LogP) is 3.63. The van der Waals surface area contributed by atoms with E-state index in [1.165, 1.54) is 24.2 Å². The van der Waals surface area contributed by atoms with Crippen molar-refractivity contribution in [2.75, 3.05) is 6.26 Å². The first kappa shape index (κ1) is 11.0. The van der Waals surface area contributed by atoms with Crippen LogP contribution in [0.1, 0.15) is 37.4 Å². The summed E-state index contributed by atoms with van der Waals surface area (Å²) in [5.41, 5.74) is 1.07. The van der Waals surface area contributed by atoms with Crippen molar-refractivity contribution in [3.8, 4) is 0 Å². The number of aliphatic hydroxyl groups is 1. The molecule has 0 aromatic heterocycles. The van der Waals surface area contributed by atoms with Gasteiger partial charge in [0.15, 0.2) is 0 Å². The van der Waals surface area contributed by atoms with Crippen molar-refractivity contribution in [2.45, 2.75) is 36.7 Å². The number of benzene rings is 1. The summed E-state index contributed by atoms with van der Waals surface area (Å²) in [7, 11) is 0. The fraction of sp³-hybridized carbons (Fsp3) is 0.538. The summed E-state index contributed by atoms with van der Waals surface area (Å²) in [6.07, 6.45) is 6.72. The zero-order chi connectivity index (χ0) is 10.7. The molecule has 82 valence electrons. The lowest BCUT2D eigenvalue weighted by molar-refractivity contribution is 0.118. The van der Waals surface area contributed by atoms with Gasteiger partial charge in [-0.15, -0.1) is 11.8 Å². The average Bonchev–Trinajstić information content (AvgIpc) is 2.23. The Labute approximate surface area is 95.9 Å². The van der Waals surface area contributed by atoms with Crippen LogP contribution in [0.4, 0.5) is 0 Å². The van der Waals surface area contributed by atoms with Gasteiger partial charge in [-0.1, -0.05) is 31.4 Å². The Morgan fingerprint density at radius 2 is 2.00 bits per heavy atom. The molecule has 0 spiro atoms. The van der Waals surface area contributed by atoms with Gasteiger partial charge in [0.05, 0.1) is 6.10 Å². The molecule has 0 radical (unpaired) electrons. The van der Waals surface area contributed by atoms with Gasteiger partial charge < -0.3 is 5.11 Å². The molecule has 0 aliphatic heterocycles. The Hall–Kier alpha value is -0.470. The molecular weight excluding hydrogens is 204 g/mol. The molecule has 2 rings (SSSR count). The van der Waals surface area contributed by atoms with E-state index in [4.69, 9.17) is 0 Å². The Morgan fingerprint density at radius 1 is 1.33 bits per heavy atom. The van der Waals surface area contributed by atoms with Crippen LogP contribution in [0.5, 0.6) is 0 Å². The Bertz CT molecular complexity index is 303. The summed E-state index contributed by atoms with van der Waals surface area (Å²) >= 11 is 1.74. The Morgan fingerprint density at radius 3 is 2.47 bits per heavy atom. The van der Waals surface area contributed by atoms with Crippen LogP contribution in [0.2, 0.25) is 0 Å². The number of hydrogen-bond donors (Lipinski definition) is 1. The lowest BCUT2D eigenvalue weighted by Gasteiger charge is -2.27. The van der Waals surface area contributed by atoms with Gasteiger partial charge in [-0.05, 0) is 36.3 Å². The van der Waals surface area contributed by atoms with Gasteiger partial charge >= 0.3 is 0 Å². The average molecular weight is 222 g/mol. The molecule has 2 heteroatoms. The molecule has 1 nitrogen and oxygen atoms in total. The van der Waals surface area contributed by atoms with Crippen LogP contribution < -0.4 is 0 Å². The third kappa shape index (κ3) is 2.76. The molecule has 1 aromatic rings. The maximum Gasteiger partial charge on any atom is 0.0792 e. The minimum absolute atomic E-state index is 0.258. The zero-order valence-corrected chi connectivity index (χ0v) is 9.96. The third-order valence-electron chi connectivity index (χ3n) is 3.28. The molecule has 0 heterocycles. The van der Waals surface area contributed by atoms with E-state index >= 15 is 0 Å². The third-order valence-corrected chi connectivity index (χ3v) is 4.03. The minimum atomic E-state index is -0.258. The van der Waals surface area contributed by atoms with Gasteiger partial charge in [0.25, 0.3) is 0 Å². The summed E-state index contributed by atoms with van der Waals surface area (Å²) in [5, 5.41) is 10.0. The summed E-state index contributed by atoms with van der Waals surface area (Å²) in [6, 6.07) is 8.28. The first-order valence-corrected chi connectivity index (χ1v) is 6.84. The van der Waals surface area contributed by atoms with E-state index < -0.39 is 0 Å². The monoisotopic (exact) mass is 222 g/mol. The van der Waals surface area contributed by atoms with Crippen molar-refractivity contribution in [3.63, 3.8) is 0 Å². The minimum Gasteiger partial charge on any atom is -0.388 e. The highest BCUT2D eigenvalue weighted by Crippen LogP contribution is 2.34. The van der Waals surface area contributed by atoms with Gasteiger partial charge in [-0.25, -0.2) is 0 Å². The molecule has 15 heavy (non-hydrogen) atoms. The highest BCUT2D eigenvalue weighted by atomic mass is 32.2. The second-order valence-electron chi connectivity index (χ2n) is 4.32. The second-order valence-corrected chi connectivity index (χ2v) is 5.20. The van der Waals surface area contributed by atoms with Crippen molar-refractivity contribution >= 4 is 11.8 Å². The molecule has 1 saturated carbocycles. The molecule has 1 atom stereocenters. The number of hydrogen-bond acceptors (Lipinski definition) is 2. The smallest absolute Gasteiger partial charge is 0.0792 e. The summed E-state index contributed by atoms with van der Waals surface area (Å²) in [4.78, 5) is 1.26. The zero-order valence-electron chi connectivity index (χ0n) is 9.15. The van der Waals surface area contributed by atoms with E-state index in [1.54, 1.807) is 11.8 Å². The van der Waals surface area contributed by atoms with Crippen LogP contribution in [0, 0.1) is 5.92 Å². The van der Waals surface area contributed by atoms with Gasteiger partial charge in [0, 0.05) is 4.90 Å². The number of thioether (sulfide) groups is 1. The van der Waals surface area contributed by atoms with Crippen molar-refractivity contribution < 1.29 is 5.11 Å². The Balaban J connectivity index is 1.94. The van der Waals surface area contributed by atoms with Gasteiger partial charge in [-0.3, -0.25) is 0 Å². The van der Waals surface area contributed by atoms with Crippen LogP contribution in [0.25, 0.3) is 0 Å². The lowest BCUT2D eigenvalue weighted by atomic mass is 9.80. The molecule has 1 aliphatic carbocycles. The maximum absolute atomic E-state index is 10.0. The van der Waals surface area contributed by atoms with E-state index in [-0.39, 0.29) is 6.10 Å². The fourth-order valence-electron chi connectivity index (χ4n) is 2.01. The van der Waals surface area contributed by atoms with E-state index in [0.717, 1.165) is 17.9 Å². The largest absolute Gasteiger partial charge is 0.388 e. The van der Waals surface area contributed by atoms with E-state index in [9.17, 15) is 5.11 Å². The van der Waals surface area contributed by atoms with Crippen LogP contribution in [0.15, 0.2) is 29.2 Å². The predicted molar refractivity (Wildman–Crippen MR) is 65.1 cm³/mol. The normalized spacial score (nSPS) is 18.5. The molecule has 1 aromatic carbocycles. The molecule has 0 saturated heterocycles. The highest BCUT2D eigenvalue weighted by molar-refractivity contribution is 7.98. The molecule has 1 unspecified atom stereocenters. The van der Waals surface area contributed by atoms with Crippen LogP contribution >= 0.6 is 11.8 Å². The fourth-order valence-corrected chi connectivity index (χ4v) is 2.41. The molecule has 1 fully saturated rings. The van der Waals surface area contributed by atoms with Crippen LogP contribution in [-0.2, 0) is 0 Å². The second kappa shape index (κ2) is 5.04. The van der Waals surface area contributed by atoms with Crippen molar-refractivity contribution in [1.82, 2.24) is 0 Å². The Kier molecular flexibility index (Phi) is 3.71. The SMILES string of the molecule is CSc1ccc(C(O)CC2CCC2)cc1. The maximum atomic E-state index is 10.0. The van der Waals surface area contributed by atoms with Crippen molar-refractivity contribution in [2.24, 2.45) is 5.92 Å². The van der Waals surface area contributed by atoms with Crippen molar-refractivity contribution in [3.05, 3.63) is 29.8 Å². The molecule has 1 N–H and O–H groups in total. The number of aliphatic hydroxyl groups excluding tert-OH is 1. The van der Waals surface area contributed by atoms with Crippen molar-refractivity contribution in [1.29, 1.82) is 0 Å². The van der Waals surface area contributed by atoms with Gasteiger partial charge in [0.1, 0.15) is 0 Å². The first-order chi connectivity index (χ1) is 7.29. The summed E-state index contributed by atoms with van der Waals surface area (Å²) in [5.74, 6) is 0.764. The topological polar surface area (TPSA) is 20.2 Å². The number of rotatable bonds is 4. The lowest BCUT2D eigenvalue weighted by Crippen LogP contribution is -2.14. The van der Waals surface area contributed by atoms with Crippen LogP contribution in [-0.4, -0.2) is 11.4 Å². The summed E-state index contributed by atoms with van der Waals surface area (Å²) < 4.78 is 0.